The predicted molar refractivity (Wildman–Crippen MR) is 237 cm³/mol. The average Bonchev–Trinajstić information content (AvgIpc) is 3.96. The van der Waals surface area contributed by atoms with Crippen molar-refractivity contribution < 1.29 is 0 Å². The van der Waals surface area contributed by atoms with E-state index >= 15 is 0 Å². The highest BCUT2D eigenvalue weighted by molar-refractivity contribution is 7.26. The molecule has 1 aliphatic rings. The number of thiophene rings is 3. The number of nitrogens with zero attached hydrogens (tertiary/aromatic N) is 1. The molecule has 1 nitrogen and oxygen atoms in total. The summed E-state index contributed by atoms with van der Waals surface area (Å²) >= 11 is 5.64. The molecular weight excluding hydrogens is 711 g/mol. The van der Waals surface area contributed by atoms with E-state index in [2.05, 4.69) is 182 Å². The van der Waals surface area contributed by atoms with Crippen LogP contribution in [0.3, 0.4) is 0 Å². The molecule has 0 unspecified atom stereocenters. The molecule has 0 radical (unpaired) electrons. The number of rotatable bonds is 4. The van der Waals surface area contributed by atoms with Crippen molar-refractivity contribution in [2.24, 2.45) is 0 Å². The molecule has 0 saturated carbocycles. The van der Waals surface area contributed by atoms with Gasteiger partial charge in [-0.05, 0) is 101 Å². The summed E-state index contributed by atoms with van der Waals surface area (Å²) < 4.78 is 7.89. The third kappa shape index (κ3) is 4.30. The van der Waals surface area contributed by atoms with E-state index < -0.39 is 0 Å². The van der Waals surface area contributed by atoms with Gasteiger partial charge in [-0.15, -0.1) is 34.0 Å². The van der Waals surface area contributed by atoms with E-state index in [1.54, 1.807) is 0 Å². The highest BCUT2D eigenvalue weighted by atomic mass is 32.1. The first-order chi connectivity index (χ1) is 26.6. The first-order valence-corrected chi connectivity index (χ1v) is 20.9. The summed E-state index contributed by atoms with van der Waals surface area (Å²) in [5.74, 6) is 0. The SMILES string of the molecule is CC1(c2ccc3sc4ccc(N(c5ccc6c(c5)sc5ccccc56)c5ccc6c(c5)sc5ccccc56)cc4c3c2)c2ccccc2-c2ccccc21. The van der Waals surface area contributed by atoms with Crippen LogP contribution in [-0.2, 0) is 5.41 Å². The van der Waals surface area contributed by atoms with Crippen LogP contribution in [0, 0.1) is 0 Å². The van der Waals surface area contributed by atoms with Crippen molar-refractivity contribution in [3.05, 3.63) is 187 Å². The van der Waals surface area contributed by atoms with E-state index in [-0.39, 0.29) is 5.41 Å². The molecule has 4 heteroatoms. The van der Waals surface area contributed by atoms with Crippen LogP contribution in [0.4, 0.5) is 17.1 Å². The fourth-order valence-corrected chi connectivity index (χ4v) is 12.5. The van der Waals surface area contributed by atoms with Gasteiger partial charge in [0.25, 0.3) is 0 Å². The third-order valence-corrected chi connectivity index (χ3v) is 15.2. The second-order valence-electron chi connectivity index (χ2n) is 14.6. The summed E-state index contributed by atoms with van der Waals surface area (Å²) in [4.78, 5) is 2.46. The summed E-state index contributed by atoms with van der Waals surface area (Å²) in [6.45, 7) is 2.41. The second-order valence-corrected chi connectivity index (χ2v) is 17.9. The molecule has 54 heavy (non-hydrogen) atoms. The van der Waals surface area contributed by atoms with Gasteiger partial charge in [-0.25, -0.2) is 0 Å². The van der Waals surface area contributed by atoms with Crippen molar-refractivity contribution in [3.8, 4) is 11.1 Å². The molecule has 11 aromatic rings. The normalized spacial score (nSPS) is 13.4. The molecule has 0 amide bonds. The Hall–Kier alpha value is -5.78. The predicted octanol–water partition coefficient (Wildman–Crippen LogP) is 15.6. The van der Waals surface area contributed by atoms with E-state index in [9.17, 15) is 0 Å². The maximum Gasteiger partial charge on any atom is 0.0476 e. The Labute approximate surface area is 324 Å². The van der Waals surface area contributed by atoms with Crippen LogP contribution < -0.4 is 4.90 Å². The lowest BCUT2D eigenvalue weighted by molar-refractivity contribution is 0.715. The molecule has 0 bridgehead atoms. The molecule has 0 saturated heterocycles. The molecule has 0 N–H and O–H groups in total. The number of anilines is 3. The van der Waals surface area contributed by atoms with E-state index in [0.29, 0.717) is 0 Å². The van der Waals surface area contributed by atoms with Crippen LogP contribution in [0.25, 0.3) is 71.6 Å². The molecule has 1 aliphatic carbocycles. The molecule has 0 fully saturated rings. The average molecular weight is 742 g/mol. The molecule has 8 aromatic carbocycles. The van der Waals surface area contributed by atoms with Crippen LogP contribution in [0.1, 0.15) is 23.6 Å². The van der Waals surface area contributed by atoms with Crippen molar-refractivity contribution >= 4 is 112 Å². The van der Waals surface area contributed by atoms with E-state index in [1.807, 2.05) is 34.0 Å². The fourth-order valence-electron chi connectivity index (χ4n) is 9.13. The number of fused-ring (bicyclic) bond motifs is 12. The minimum absolute atomic E-state index is 0.237. The number of hydrogen-bond acceptors (Lipinski definition) is 4. The minimum Gasteiger partial charge on any atom is -0.310 e. The lowest BCUT2D eigenvalue weighted by atomic mass is 9.74. The topological polar surface area (TPSA) is 3.24 Å². The number of hydrogen-bond donors (Lipinski definition) is 0. The van der Waals surface area contributed by atoms with Crippen molar-refractivity contribution in [3.63, 3.8) is 0 Å². The van der Waals surface area contributed by atoms with Gasteiger partial charge in [0.1, 0.15) is 0 Å². The summed E-state index contributed by atoms with van der Waals surface area (Å²) in [7, 11) is 0. The third-order valence-electron chi connectivity index (χ3n) is 11.8. The minimum atomic E-state index is -0.237. The Kier molecular flexibility index (Phi) is 6.45. The molecule has 0 spiro atoms. The van der Waals surface area contributed by atoms with Crippen molar-refractivity contribution in [2.45, 2.75) is 12.3 Å². The van der Waals surface area contributed by atoms with E-state index in [0.717, 1.165) is 5.69 Å². The van der Waals surface area contributed by atoms with Gasteiger partial charge in [0.2, 0.25) is 0 Å². The van der Waals surface area contributed by atoms with Gasteiger partial charge in [0, 0.05) is 83.0 Å². The van der Waals surface area contributed by atoms with Gasteiger partial charge in [0.15, 0.2) is 0 Å². The zero-order valence-electron chi connectivity index (χ0n) is 29.3. The fraction of sp³-hybridized carbons (Fsp3) is 0.0400. The van der Waals surface area contributed by atoms with Crippen molar-refractivity contribution in [1.82, 2.24) is 0 Å². The van der Waals surface area contributed by atoms with Crippen LogP contribution in [0.5, 0.6) is 0 Å². The van der Waals surface area contributed by atoms with E-state index in [1.165, 1.54) is 99.7 Å². The van der Waals surface area contributed by atoms with Gasteiger partial charge in [-0.1, -0.05) is 103 Å². The van der Waals surface area contributed by atoms with Crippen molar-refractivity contribution in [2.75, 3.05) is 4.90 Å². The molecule has 3 aromatic heterocycles. The largest absolute Gasteiger partial charge is 0.310 e. The quantitative estimate of drug-likeness (QED) is 0.174. The van der Waals surface area contributed by atoms with Gasteiger partial charge in [-0.3, -0.25) is 0 Å². The Bertz CT molecular complexity index is 3160. The maximum absolute atomic E-state index is 2.48. The summed E-state index contributed by atoms with van der Waals surface area (Å²) in [5, 5.41) is 7.89. The first kappa shape index (κ1) is 30.7. The molecule has 0 aliphatic heterocycles. The standard InChI is InChI=1S/C50H31NS3/c1-50(42-14-6-2-10-34(42)35-11-3-7-15-43(35)50)30-18-24-46-40(26-30)41-27-31(21-25-47(41)52-46)51(32-19-22-38-36-12-4-8-16-44(36)53-48(38)28-32)33-20-23-39-37-13-5-9-17-45(37)54-49(39)29-33/h2-29H,1H3. The lowest BCUT2D eigenvalue weighted by Crippen LogP contribution is -2.22. The Morgan fingerprint density at radius 3 is 1.39 bits per heavy atom. The van der Waals surface area contributed by atoms with Crippen molar-refractivity contribution in [1.29, 1.82) is 0 Å². The first-order valence-electron chi connectivity index (χ1n) is 18.4. The molecule has 254 valence electrons. The Balaban J connectivity index is 1.07. The zero-order chi connectivity index (χ0) is 35.5. The Morgan fingerprint density at radius 2 is 0.778 bits per heavy atom. The van der Waals surface area contributed by atoms with Gasteiger partial charge in [0.05, 0.1) is 0 Å². The summed E-state index contributed by atoms with van der Waals surface area (Å²) in [6, 6.07) is 63.8. The van der Waals surface area contributed by atoms with Crippen LogP contribution >= 0.6 is 34.0 Å². The molecule has 3 heterocycles. The monoisotopic (exact) mass is 741 g/mol. The highest BCUT2D eigenvalue weighted by Crippen LogP contribution is 2.53. The summed E-state index contributed by atoms with van der Waals surface area (Å²) in [5.41, 5.74) is 10.0. The Morgan fingerprint density at radius 1 is 0.352 bits per heavy atom. The van der Waals surface area contributed by atoms with Gasteiger partial charge >= 0.3 is 0 Å². The van der Waals surface area contributed by atoms with E-state index in [4.69, 9.17) is 0 Å². The van der Waals surface area contributed by atoms with Crippen LogP contribution in [0.2, 0.25) is 0 Å². The maximum atomic E-state index is 2.48. The molecular formula is C50H31NS3. The smallest absolute Gasteiger partial charge is 0.0476 e. The van der Waals surface area contributed by atoms with Gasteiger partial charge < -0.3 is 4.90 Å². The highest BCUT2D eigenvalue weighted by Gasteiger charge is 2.40. The zero-order valence-corrected chi connectivity index (χ0v) is 31.8. The summed E-state index contributed by atoms with van der Waals surface area (Å²) in [6.07, 6.45) is 0. The number of benzene rings is 8. The van der Waals surface area contributed by atoms with Crippen LogP contribution in [0.15, 0.2) is 170 Å². The van der Waals surface area contributed by atoms with Gasteiger partial charge in [-0.2, -0.15) is 0 Å². The molecule has 12 rings (SSSR count). The lowest BCUT2D eigenvalue weighted by Gasteiger charge is -2.28. The second kappa shape index (κ2) is 11.4. The van der Waals surface area contributed by atoms with Crippen LogP contribution in [-0.4, -0.2) is 0 Å². The molecule has 0 atom stereocenters.